The number of nitrogens with zero attached hydrogens (tertiary/aromatic N) is 1. The molecule has 2 aromatic rings. The van der Waals surface area contributed by atoms with Gasteiger partial charge >= 0.3 is 6.09 Å². The Morgan fingerprint density at radius 3 is 2.10 bits per heavy atom. The van der Waals surface area contributed by atoms with Gasteiger partial charge in [-0.25, -0.2) is 4.79 Å². The highest BCUT2D eigenvalue weighted by atomic mass is 35.5. The maximum atomic E-state index is 14.2. The first-order valence-electron chi connectivity index (χ1n) is 14.3. The molecule has 0 fully saturated rings. The Labute approximate surface area is 256 Å². The highest BCUT2D eigenvalue weighted by Crippen LogP contribution is 2.32. The third kappa shape index (κ3) is 10.3. The molecular formula is C32H46ClN3O4S. The van der Waals surface area contributed by atoms with Crippen molar-refractivity contribution in [3.05, 3.63) is 63.7 Å². The Kier molecular flexibility index (Phi) is 13.5. The molecule has 0 aliphatic heterocycles. The van der Waals surface area contributed by atoms with E-state index in [1.807, 2.05) is 51.1 Å². The zero-order chi connectivity index (χ0) is 30.7. The number of aryl methyl sites for hydroxylation is 3. The average molecular weight is 604 g/mol. The fraction of sp³-hybridized carbons (Fsp3) is 0.531. The summed E-state index contributed by atoms with van der Waals surface area (Å²) in [6.45, 7) is 13.5. The van der Waals surface area contributed by atoms with Crippen LogP contribution < -0.4 is 10.6 Å². The van der Waals surface area contributed by atoms with Crippen LogP contribution in [0.2, 0.25) is 5.02 Å². The normalized spacial score (nSPS) is 12.8. The van der Waals surface area contributed by atoms with Gasteiger partial charge in [-0.2, -0.15) is 12.6 Å². The molecule has 2 atom stereocenters. The van der Waals surface area contributed by atoms with Gasteiger partial charge in [0.15, 0.2) is 0 Å². The molecule has 9 heteroatoms. The molecule has 2 aromatic carbocycles. The number of nitrogens with one attached hydrogen (secondary N) is 2. The van der Waals surface area contributed by atoms with Crippen molar-refractivity contribution in [1.29, 1.82) is 0 Å². The first kappa shape index (κ1) is 34.5. The van der Waals surface area contributed by atoms with E-state index in [9.17, 15) is 14.4 Å². The fourth-order valence-corrected chi connectivity index (χ4v) is 5.27. The van der Waals surface area contributed by atoms with Crippen molar-refractivity contribution in [2.75, 3.05) is 17.6 Å². The third-order valence-electron chi connectivity index (χ3n) is 6.80. The number of anilines is 1. The van der Waals surface area contributed by atoms with Gasteiger partial charge in [-0.15, -0.1) is 0 Å². The molecular weight excluding hydrogens is 558 g/mol. The van der Waals surface area contributed by atoms with Crippen LogP contribution in [0.3, 0.4) is 0 Å². The lowest BCUT2D eigenvalue weighted by atomic mass is 9.93. The zero-order valence-corrected chi connectivity index (χ0v) is 27.1. The number of rotatable bonds is 13. The van der Waals surface area contributed by atoms with Gasteiger partial charge in [-0.3, -0.25) is 9.59 Å². The van der Waals surface area contributed by atoms with E-state index in [4.69, 9.17) is 16.3 Å². The Morgan fingerprint density at radius 2 is 1.54 bits per heavy atom. The molecule has 0 bridgehead atoms. The smallest absolute Gasteiger partial charge is 0.408 e. The number of unbranched alkanes of at least 4 members (excludes halogenated alkanes) is 4. The van der Waals surface area contributed by atoms with Crippen molar-refractivity contribution in [3.63, 3.8) is 0 Å². The molecule has 0 radical (unpaired) electrons. The standard InChI is InChI=1S/C32H46ClN3O4S/c1-8-9-10-11-12-19-36(30(38)25(20-41)34-31(39)40-32(5,6)7)28(26-21(2)15-13-16-22(26)3)29(37)35-27-23(4)17-14-18-24(27)33/h13-18,25,28,41H,8-12,19-20H2,1-7H3,(H,34,39)(H,35,37). The van der Waals surface area contributed by atoms with Crippen LogP contribution in [0.5, 0.6) is 0 Å². The molecule has 41 heavy (non-hydrogen) atoms. The fourth-order valence-electron chi connectivity index (χ4n) is 4.76. The summed E-state index contributed by atoms with van der Waals surface area (Å²) >= 11 is 10.9. The molecule has 226 valence electrons. The highest BCUT2D eigenvalue weighted by molar-refractivity contribution is 7.80. The van der Waals surface area contributed by atoms with Crippen molar-refractivity contribution in [3.8, 4) is 0 Å². The van der Waals surface area contributed by atoms with Crippen LogP contribution in [0.25, 0.3) is 0 Å². The minimum Gasteiger partial charge on any atom is -0.444 e. The Hall–Kier alpha value is -2.71. The van der Waals surface area contributed by atoms with E-state index in [-0.39, 0.29) is 11.7 Å². The lowest BCUT2D eigenvalue weighted by Gasteiger charge is -2.35. The Bertz CT molecular complexity index is 1160. The summed E-state index contributed by atoms with van der Waals surface area (Å²) in [6, 6.07) is 9.24. The predicted octanol–water partition coefficient (Wildman–Crippen LogP) is 7.57. The first-order chi connectivity index (χ1) is 19.3. The Morgan fingerprint density at radius 1 is 0.951 bits per heavy atom. The summed E-state index contributed by atoms with van der Waals surface area (Å²) in [5, 5.41) is 6.10. The lowest BCUT2D eigenvalue weighted by molar-refractivity contribution is -0.140. The number of benzene rings is 2. The van der Waals surface area contributed by atoms with E-state index in [0.717, 1.165) is 47.9 Å². The number of carbonyl (C=O) groups is 3. The van der Waals surface area contributed by atoms with E-state index in [1.165, 1.54) is 0 Å². The van der Waals surface area contributed by atoms with E-state index in [2.05, 4.69) is 30.2 Å². The molecule has 0 heterocycles. The topological polar surface area (TPSA) is 87.7 Å². The van der Waals surface area contributed by atoms with Crippen molar-refractivity contribution in [2.45, 2.75) is 98.3 Å². The number of carbonyl (C=O) groups excluding carboxylic acids is 3. The number of thiol groups is 1. The molecule has 0 spiro atoms. The number of amides is 3. The van der Waals surface area contributed by atoms with Gasteiger partial charge in [0.1, 0.15) is 17.7 Å². The van der Waals surface area contributed by atoms with Gasteiger partial charge in [0.2, 0.25) is 5.91 Å². The molecule has 0 saturated heterocycles. The van der Waals surface area contributed by atoms with E-state index < -0.39 is 29.7 Å². The second kappa shape index (κ2) is 16.1. The van der Waals surface area contributed by atoms with Crippen LogP contribution in [-0.4, -0.2) is 46.7 Å². The SMILES string of the molecule is CCCCCCCN(C(=O)C(CS)NC(=O)OC(C)(C)C)C(C(=O)Nc1c(C)cccc1Cl)c1c(C)cccc1C. The molecule has 0 aliphatic rings. The van der Waals surface area contributed by atoms with Gasteiger partial charge in [0, 0.05) is 12.3 Å². The van der Waals surface area contributed by atoms with Gasteiger partial charge in [0.05, 0.1) is 10.7 Å². The summed E-state index contributed by atoms with van der Waals surface area (Å²) < 4.78 is 5.41. The molecule has 2 unspecified atom stereocenters. The second-order valence-corrected chi connectivity index (χ2v) is 12.2. The van der Waals surface area contributed by atoms with E-state index in [1.54, 1.807) is 31.7 Å². The van der Waals surface area contributed by atoms with Gasteiger partial charge in [0.25, 0.3) is 5.91 Å². The van der Waals surface area contributed by atoms with Crippen molar-refractivity contribution < 1.29 is 19.1 Å². The highest BCUT2D eigenvalue weighted by Gasteiger charge is 2.37. The van der Waals surface area contributed by atoms with Gasteiger partial charge in [-0.1, -0.05) is 74.5 Å². The van der Waals surface area contributed by atoms with Crippen LogP contribution >= 0.6 is 24.2 Å². The largest absolute Gasteiger partial charge is 0.444 e. The average Bonchev–Trinajstić information content (AvgIpc) is 2.88. The van der Waals surface area contributed by atoms with Crippen LogP contribution in [0.15, 0.2) is 36.4 Å². The number of para-hydroxylation sites is 1. The number of hydrogen-bond acceptors (Lipinski definition) is 5. The zero-order valence-electron chi connectivity index (χ0n) is 25.5. The number of ether oxygens (including phenoxy) is 1. The molecule has 2 rings (SSSR count). The molecule has 3 amide bonds. The molecule has 0 aromatic heterocycles. The third-order valence-corrected chi connectivity index (χ3v) is 7.48. The van der Waals surface area contributed by atoms with Crippen LogP contribution in [0.1, 0.15) is 88.1 Å². The van der Waals surface area contributed by atoms with Crippen LogP contribution in [0, 0.1) is 20.8 Å². The number of hydrogen-bond donors (Lipinski definition) is 3. The van der Waals surface area contributed by atoms with Crippen molar-refractivity contribution in [2.24, 2.45) is 0 Å². The summed E-state index contributed by atoms with van der Waals surface area (Å²) in [7, 11) is 0. The van der Waals surface area contributed by atoms with E-state index in [0.29, 0.717) is 23.7 Å². The minimum absolute atomic E-state index is 0.0368. The number of alkyl carbamates (subject to hydrolysis) is 1. The van der Waals surface area contributed by atoms with Crippen molar-refractivity contribution in [1.82, 2.24) is 10.2 Å². The molecule has 0 aliphatic carbocycles. The first-order valence-corrected chi connectivity index (χ1v) is 15.3. The predicted molar refractivity (Wildman–Crippen MR) is 171 cm³/mol. The molecule has 0 saturated carbocycles. The second-order valence-electron chi connectivity index (χ2n) is 11.5. The van der Waals surface area contributed by atoms with E-state index >= 15 is 0 Å². The van der Waals surface area contributed by atoms with Gasteiger partial charge < -0.3 is 20.3 Å². The minimum atomic E-state index is -0.995. The number of halogens is 1. The Balaban J connectivity index is 2.58. The summed E-state index contributed by atoms with van der Waals surface area (Å²) in [5.74, 6) is -0.745. The summed E-state index contributed by atoms with van der Waals surface area (Å²) in [6.07, 6.45) is 4.12. The maximum Gasteiger partial charge on any atom is 0.408 e. The lowest BCUT2D eigenvalue weighted by Crippen LogP contribution is -2.53. The quantitative estimate of drug-likeness (QED) is 0.163. The maximum absolute atomic E-state index is 14.2. The van der Waals surface area contributed by atoms with Crippen LogP contribution in [-0.2, 0) is 14.3 Å². The van der Waals surface area contributed by atoms with Crippen molar-refractivity contribution >= 4 is 47.8 Å². The molecule has 2 N–H and O–H groups in total. The monoisotopic (exact) mass is 603 g/mol. The van der Waals surface area contributed by atoms with Crippen LogP contribution in [0.4, 0.5) is 10.5 Å². The van der Waals surface area contributed by atoms with Gasteiger partial charge in [-0.05, 0) is 76.3 Å². The summed E-state index contributed by atoms with van der Waals surface area (Å²) in [4.78, 5) is 42.7. The molecule has 7 nitrogen and oxygen atoms in total. The summed E-state index contributed by atoms with van der Waals surface area (Å²) in [5.41, 5.74) is 3.08.